The molecule has 2 aliphatic rings. The van der Waals surface area contributed by atoms with E-state index >= 15 is 0 Å². The van der Waals surface area contributed by atoms with Gasteiger partial charge in [-0.3, -0.25) is 4.79 Å². The highest BCUT2D eigenvalue weighted by Crippen LogP contribution is 2.27. The molecule has 0 aliphatic carbocycles. The highest BCUT2D eigenvalue weighted by atomic mass is 16.2. The number of likely N-dealkylation sites (N-methyl/N-ethyl adjacent to an activating group) is 1. The minimum atomic E-state index is -0.246. The van der Waals surface area contributed by atoms with Crippen molar-refractivity contribution in [2.24, 2.45) is 5.10 Å². The van der Waals surface area contributed by atoms with Gasteiger partial charge in [0, 0.05) is 62.7 Å². The first-order valence-corrected chi connectivity index (χ1v) is 11.4. The van der Waals surface area contributed by atoms with E-state index in [0.717, 1.165) is 48.6 Å². The van der Waals surface area contributed by atoms with Crippen molar-refractivity contribution in [1.82, 2.24) is 15.2 Å². The Morgan fingerprint density at radius 1 is 1.03 bits per heavy atom. The number of hydrogen-bond acceptors (Lipinski definition) is 5. The lowest BCUT2D eigenvalue weighted by molar-refractivity contribution is -0.114. The van der Waals surface area contributed by atoms with Gasteiger partial charge < -0.3 is 20.4 Å². The molecular formula is C25H32N6O2. The number of amides is 3. The van der Waals surface area contributed by atoms with E-state index in [9.17, 15) is 9.59 Å². The molecule has 1 fully saturated rings. The van der Waals surface area contributed by atoms with Crippen molar-refractivity contribution >= 4 is 29.0 Å². The number of hydrazone groups is 1. The Labute approximate surface area is 195 Å². The number of anilines is 2. The van der Waals surface area contributed by atoms with Gasteiger partial charge in [-0.2, -0.15) is 5.10 Å². The molecule has 0 saturated carbocycles. The maximum atomic E-state index is 12.6. The summed E-state index contributed by atoms with van der Waals surface area (Å²) in [5.74, 6) is -0.126. The van der Waals surface area contributed by atoms with E-state index in [1.807, 2.05) is 25.1 Å². The van der Waals surface area contributed by atoms with Crippen LogP contribution in [0.3, 0.4) is 0 Å². The SMILES string of the molecule is CNC(=O)N1N=C(c2ccc(N3CCN(C)CC3)cc2)c2cc(NC(C)=O)ccc2CC1C. The van der Waals surface area contributed by atoms with Crippen LogP contribution in [0.5, 0.6) is 0 Å². The molecule has 3 amide bonds. The summed E-state index contributed by atoms with van der Waals surface area (Å²) in [5.41, 5.74) is 5.55. The van der Waals surface area contributed by atoms with Gasteiger partial charge in [-0.1, -0.05) is 18.2 Å². The number of fused-ring (bicyclic) bond motifs is 1. The van der Waals surface area contributed by atoms with E-state index in [2.05, 4.69) is 51.7 Å². The second kappa shape index (κ2) is 9.62. The Bertz CT molecular complexity index is 1060. The number of urea groups is 1. The molecule has 8 heteroatoms. The lowest BCUT2D eigenvalue weighted by Gasteiger charge is -2.34. The molecule has 0 bridgehead atoms. The molecule has 2 aromatic carbocycles. The van der Waals surface area contributed by atoms with Crippen molar-refractivity contribution in [1.29, 1.82) is 0 Å². The van der Waals surface area contributed by atoms with Gasteiger partial charge in [0.15, 0.2) is 0 Å². The predicted molar refractivity (Wildman–Crippen MR) is 132 cm³/mol. The number of nitrogens with one attached hydrogen (secondary N) is 2. The van der Waals surface area contributed by atoms with Crippen molar-refractivity contribution in [3.05, 3.63) is 59.2 Å². The summed E-state index contributed by atoms with van der Waals surface area (Å²) in [7, 11) is 3.76. The average molecular weight is 449 g/mol. The Morgan fingerprint density at radius 3 is 2.36 bits per heavy atom. The van der Waals surface area contributed by atoms with Gasteiger partial charge >= 0.3 is 6.03 Å². The van der Waals surface area contributed by atoms with Gasteiger partial charge in [0.25, 0.3) is 0 Å². The van der Waals surface area contributed by atoms with Crippen LogP contribution >= 0.6 is 0 Å². The molecule has 0 radical (unpaired) electrons. The summed E-state index contributed by atoms with van der Waals surface area (Å²) in [6, 6.07) is 13.9. The van der Waals surface area contributed by atoms with Crippen molar-refractivity contribution in [2.75, 3.05) is 50.5 Å². The number of nitrogens with zero attached hydrogens (tertiary/aromatic N) is 4. The summed E-state index contributed by atoms with van der Waals surface area (Å²) in [5, 5.41) is 11.9. The van der Waals surface area contributed by atoms with E-state index in [0.29, 0.717) is 12.1 Å². The average Bonchev–Trinajstić information content (AvgIpc) is 2.95. The second-order valence-corrected chi connectivity index (χ2v) is 8.79. The first-order chi connectivity index (χ1) is 15.9. The van der Waals surface area contributed by atoms with Crippen molar-refractivity contribution in [3.63, 3.8) is 0 Å². The number of hydrogen-bond donors (Lipinski definition) is 2. The van der Waals surface area contributed by atoms with E-state index in [4.69, 9.17) is 5.10 Å². The summed E-state index contributed by atoms with van der Waals surface area (Å²) >= 11 is 0. The highest BCUT2D eigenvalue weighted by Gasteiger charge is 2.27. The molecule has 1 saturated heterocycles. The Kier molecular flexibility index (Phi) is 6.65. The van der Waals surface area contributed by atoms with Crippen LogP contribution in [0.15, 0.2) is 47.6 Å². The van der Waals surface area contributed by atoms with Crippen molar-refractivity contribution in [2.45, 2.75) is 26.3 Å². The maximum absolute atomic E-state index is 12.6. The molecule has 0 aromatic heterocycles. The Morgan fingerprint density at radius 2 is 1.73 bits per heavy atom. The fourth-order valence-electron chi connectivity index (χ4n) is 4.39. The predicted octanol–water partition coefficient (Wildman–Crippen LogP) is 2.74. The summed E-state index contributed by atoms with van der Waals surface area (Å²) in [6.45, 7) is 7.58. The maximum Gasteiger partial charge on any atom is 0.337 e. The van der Waals surface area contributed by atoms with Crippen LogP contribution in [0.1, 0.15) is 30.5 Å². The number of rotatable bonds is 3. The van der Waals surface area contributed by atoms with E-state index < -0.39 is 0 Å². The molecule has 2 aromatic rings. The van der Waals surface area contributed by atoms with Gasteiger partial charge in [-0.25, -0.2) is 9.80 Å². The first kappa shape index (κ1) is 22.8. The smallest absolute Gasteiger partial charge is 0.337 e. The van der Waals surface area contributed by atoms with Crippen molar-refractivity contribution < 1.29 is 9.59 Å². The third-order valence-electron chi connectivity index (χ3n) is 6.26. The van der Waals surface area contributed by atoms with Crippen LogP contribution in [-0.4, -0.2) is 73.9 Å². The van der Waals surface area contributed by atoms with E-state index in [1.165, 1.54) is 17.6 Å². The molecule has 2 aliphatic heterocycles. The Balaban J connectivity index is 1.74. The second-order valence-electron chi connectivity index (χ2n) is 8.79. The minimum absolute atomic E-state index is 0.113. The number of benzene rings is 2. The lowest BCUT2D eigenvalue weighted by Crippen LogP contribution is -2.44. The highest BCUT2D eigenvalue weighted by molar-refractivity contribution is 6.15. The van der Waals surface area contributed by atoms with Crippen LogP contribution in [0, 0.1) is 0 Å². The molecule has 1 unspecified atom stereocenters. The van der Waals surface area contributed by atoms with Crippen LogP contribution in [-0.2, 0) is 11.2 Å². The van der Waals surface area contributed by atoms with Crippen LogP contribution in [0.4, 0.5) is 16.2 Å². The van der Waals surface area contributed by atoms with Crippen LogP contribution in [0.2, 0.25) is 0 Å². The van der Waals surface area contributed by atoms with Crippen LogP contribution < -0.4 is 15.5 Å². The quantitative estimate of drug-likeness (QED) is 0.757. The monoisotopic (exact) mass is 448 g/mol. The molecule has 174 valence electrons. The molecule has 1 atom stereocenters. The third kappa shape index (κ3) is 5.01. The fraction of sp³-hybridized carbons (Fsp3) is 0.400. The van der Waals surface area contributed by atoms with Gasteiger partial charge in [0.1, 0.15) is 0 Å². The normalized spacial score (nSPS) is 18.8. The van der Waals surface area contributed by atoms with E-state index in [-0.39, 0.29) is 18.0 Å². The zero-order chi connectivity index (χ0) is 23.5. The topological polar surface area (TPSA) is 80.3 Å². The molecular weight excluding hydrogens is 416 g/mol. The number of carbonyl (C=O) groups is 2. The van der Waals surface area contributed by atoms with Gasteiger partial charge in [0.2, 0.25) is 5.91 Å². The van der Waals surface area contributed by atoms with E-state index in [1.54, 1.807) is 7.05 Å². The summed E-state index contributed by atoms with van der Waals surface area (Å²) < 4.78 is 0. The first-order valence-electron chi connectivity index (χ1n) is 11.4. The summed E-state index contributed by atoms with van der Waals surface area (Å²) in [4.78, 5) is 29.0. The number of piperazine rings is 1. The molecule has 8 nitrogen and oxygen atoms in total. The van der Waals surface area contributed by atoms with Crippen LogP contribution in [0.25, 0.3) is 0 Å². The zero-order valence-corrected chi connectivity index (χ0v) is 19.8. The fourth-order valence-corrected chi connectivity index (χ4v) is 4.39. The lowest BCUT2D eigenvalue weighted by atomic mass is 9.94. The minimum Gasteiger partial charge on any atom is -0.369 e. The van der Waals surface area contributed by atoms with Gasteiger partial charge in [-0.05, 0) is 50.2 Å². The zero-order valence-electron chi connectivity index (χ0n) is 19.8. The van der Waals surface area contributed by atoms with Gasteiger partial charge in [0.05, 0.1) is 11.8 Å². The van der Waals surface area contributed by atoms with Crippen molar-refractivity contribution in [3.8, 4) is 0 Å². The largest absolute Gasteiger partial charge is 0.369 e. The van der Waals surface area contributed by atoms with Gasteiger partial charge in [-0.15, -0.1) is 0 Å². The molecule has 4 rings (SSSR count). The Hall–Kier alpha value is -3.39. The molecule has 33 heavy (non-hydrogen) atoms. The molecule has 0 spiro atoms. The third-order valence-corrected chi connectivity index (χ3v) is 6.26. The number of carbonyl (C=O) groups excluding carboxylic acids is 2. The summed E-state index contributed by atoms with van der Waals surface area (Å²) in [6.07, 6.45) is 0.662. The molecule has 2 N–H and O–H groups in total. The molecule has 2 heterocycles. The standard InChI is InChI=1S/C25H32N6O2/c1-17-15-20-5-8-21(27-18(2)32)16-23(20)24(28-31(17)25(33)26-3)19-6-9-22(10-7-19)30-13-11-29(4)12-14-30/h5-10,16-17H,11-15H2,1-4H3,(H,26,33)(H,27,32).